The SMILES string of the molecule is CC[C@H](NC(=O)c1cncc2c1cnn2-c1ccc(F)cc1)c1cccc(S(=O)(=O)CCC(=O)O)n1. The van der Waals surface area contributed by atoms with Gasteiger partial charge in [0, 0.05) is 11.6 Å². The molecule has 0 aliphatic carbocycles. The number of carboxylic acids is 1. The number of benzene rings is 1. The first kappa shape index (κ1) is 24.9. The van der Waals surface area contributed by atoms with Crippen LogP contribution in [0, 0.1) is 5.82 Å². The Bertz CT molecular complexity index is 1540. The number of halogens is 1. The maximum absolute atomic E-state index is 13.3. The van der Waals surface area contributed by atoms with Gasteiger partial charge in [-0.15, -0.1) is 0 Å². The van der Waals surface area contributed by atoms with Gasteiger partial charge in [0.15, 0.2) is 14.9 Å². The monoisotopic (exact) mass is 511 g/mol. The summed E-state index contributed by atoms with van der Waals surface area (Å²) in [4.78, 5) is 32.3. The van der Waals surface area contributed by atoms with Crippen LogP contribution in [0.5, 0.6) is 0 Å². The number of amides is 1. The molecule has 4 rings (SSSR count). The van der Waals surface area contributed by atoms with Gasteiger partial charge in [-0.05, 0) is 42.8 Å². The number of aliphatic carboxylic acids is 1. The highest BCUT2D eigenvalue weighted by molar-refractivity contribution is 7.91. The van der Waals surface area contributed by atoms with Gasteiger partial charge in [-0.25, -0.2) is 22.5 Å². The number of fused-ring (bicyclic) bond motifs is 1. The summed E-state index contributed by atoms with van der Waals surface area (Å²) in [6.07, 6.45) is 4.35. The maximum atomic E-state index is 13.3. The molecular weight excluding hydrogens is 489 g/mol. The van der Waals surface area contributed by atoms with Gasteiger partial charge in [-0.1, -0.05) is 13.0 Å². The molecule has 36 heavy (non-hydrogen) atoms. The van der Waals surface area contributed by atoms with Gasteiger partial charge >= 0.3 is 5.97 Å². The number of aromatic nitrogens is 4. The third kappa shape index (κ3) is 5.23. The molecule has 3 aromatic heterocycles. The maximum Gasteiger partial charge on any atom is 0.304 e. The molecule has 3 heterocycles. The molecular formula is C24H22FN5O5S. The average Bonchev–Trinajstić information content (AvgIpc) is 3.31. The van der Waals surface area contributed by atoms with Crippen molar-refractivity contribution >= 4 is 32.6 Å². The number of hydrogen-bond acceptors (Lipinski definition) is 7. The van der Waals surface area contributed by atoms with Gasteiger partial charge in [0.2, 0.25) is 0 Å². The van der Waals surface area contributed by atoms with Crippen molar-refractivity contribution in [2.45, 2.75) is 30.8 Å². The Balaban J connectivity index is 1.60. The molecule has 10 nitrogen and oxygen atoms in total. The predicted molar refractivity (Wildman–Crippen MR) is 128 cm³/mol. The van der Waals surface area contributed by atoms with Gasteiger partial charge in [-0.3, -0.25) is 14.6 Å². The Kier molecular flexibility index (Phi) is 7.06. The largest absolute Gasteiger partial charge is 0.481 e. The number of carbonyl (C=O) groups is 2. The third-order valence-electron chi connectivity index (χ3n) is 5.53. The van der Waals surface area contributed by atoms with E-state index in [-0.39, 0.29) is 16.4 Å². The quantitative estimate of drug-likeness (QED) is 0.349. The lowest BCUT2D eigenvalue weighted by atomic mass is 10.1. The molecule has 0 saturated carbocycles. The van der Waals surface area contributed by atoms with Crippen LogP contribution in [0.2, 0.25) is 0 Å². The molecule has 1 amide bonds. The number of nitrogens with one attached hydrogen (secondary N) is 1. The van der Waals surface area contributed by atoms with E-state index in [1.807, 2.05) is 6.92 Å². The Labute approximate surface area is 205 Å². The highest BCUT2D eigenvalue weighted by Gasteiger charge is 2.22. The summed E-state index contributed by atoms with van der Waals surface area (Å²) in [6, 6.07) is 9.51. The fraction of sp³-hybridized carbons (Fsp3) is 0.208. The molecule has 0 radical (unpaired) electrons. The molecule has 1 atom stereocenters. The van der Waals surface area contributed by atoms with E-state index in [1.165, 1.54) is 36.7 Å². The molecule has 0 aliphatic rings. The molecule has 0 spiro atoms. The fourth-order valence-corrected chi connectivity index (χ4v) is 4.84. The second-order valence-corrected chi connectivity index (χ2v) is 10.0. The van der Waals surface area contributed by atoms with Gasteiger partial charge < -0.3 is 10.4 Å². The Morgan fingerprint density at radius 1 is 1.11 bits per heavy atom. The summed E-state index contributed by atoms with van der Waals surface area (Å²) in [5.41, 5.74) is 1.73. The molecule has 4 aromatic rings. The lowest BCUT2D eigenvalue weighted by Gasteiger charge is -2.17. The van der Waals surface area contributed by atoms with Crippen LogP contribution < -0.4 is 5.32 Å². The second kappa shape index (κ2) is 10.2. The fourth-order valence-electron chi connectivity index (χ4n) is 3.66. The number of sulfone groups is 1. The minimum absolute atomic E-state index is 0.252. The zero-order valence-corrected chi connectivity index (χ0v) is 19.9. The van der Waals surface area contributed by atoms with E-state index >= 15 is 0 Å². The first-order chi connectivity index (χ1) is 17.2. The van der Waals surface area contributed by atoms with Gasteiger partial charge in [0.05, 0.1) is 53.1 Å². The predicted octanol–water partition coefficient (Wildman–Crippen LogP) is 3.08. The highest BCUT2D eigenvalue weighted by Crippen LogP contribution is 2.23. The van der Waals surface area contributed by atoms with Crippen LogP contribution in [0.1, 0.15) is 41.9 Å². The molecule has 1 aromatic carbocycles. The van der Waals surface area contributed by atoms with Crippen molar-refractivity contribution in [1.29, 1.82) is 0 Å². The zero-order valence-electron chi connectivity index (χ0n) is 19.1. The van der Waals surface area contributed by atoms with E-state index in [2.05, 4.69) is 20.4 Å². The van der Waals surface area contributed by atoms with Crippen molar-refractivity contribution in [2.24, 2.45) is 0 Å². The third-order valence-corrected chi connectivity index (χ3v) is 7.14. The normalized spacial score (nSPS) is 12.4. The lowest BCUT2D eigenvalue weighted by Crippen LogP contribution is -2.29. The minimum Gasteiger partial charge on any atom is -0.481 e. The van der Waals surface area contributed by atoms with Crippen molar-refractivity contribution in [1.82, 2.24) is 25.1 Å². The van der Waals surface area contributed by atoms with Crippen LogP contribution in [0.15, 0.2) is 66.1 Å². The molecule has 0 bridgehead atoms. The first-order valence-corrected chi connectivity index (χ1v) is 12.6. The van der Waals surface area contributed by atoms with Crippen LogP contribution in [0.4, 0.5) is 4.39 Å². The van der Waals surface area contributed by atoms with Crippen molar-refractivity contribution in [3.8, 4) is 5.69 Å². The van der Waals surface area contributed by atoms with Crippen molar-refractivity contribution < 1.29 is 27.5 Å². The van der Waals surface area contributed by atoms with Gasteiger partial charge in [0.25, 0.3) is 5.91 Å². The number of rotatable bonds is 9. The summed E-state index contributed by atoms with van der Waals surface area (Å²) in [5.74, 6) is -2.64. The lowest BCUT2D eigenvalue weighted by molar-refractivity contribution is -0.136. The number of pyridine rings is 2. The topological polar surface area (TPSA) is 144 Å². The summed E-state index contributed by atoms with van der Waals surface area (Å²) >= 11 is 0. The number of carbonyl (C=O) groups excluding carboxylic acids is 1. The van der Waals surface area contributed by atoms with Crippen LogP contribution in [-0.2, 0) is 14.6 Å². The van der Waals surface area contributed by atoms with Crippen LogP contribution in [0.3, 0.4) is 0 Å². The van der Waals surface area contributed by atoms with Gasteiger partial charge in [-0.2, -0.15) is 5.10 Å². The first-order valence-electron chi connectivity index (χ1n) is 11.0. The van der Waals surface area contributed by atoms with E-state index in [0.717, 1.165) is 0 Å². The van der Waals surface area contributed by atoms with E-state index < -0.39 is 39.9 Å². The second-order valence-electron chi connectivity index (χ2n) is 7.95. The number of carboxylic acid groups (broad SMARTS) is 1. The zero-order chi connectivity index (χ0) is 25.9. The molecule has 0 fully saturated rings. The van der Waals surface area contributed by atoms with Crippen molar-refractivity contribution in [2.75, 3.05) is 5.75 Å². The van der Waals surface area contributed by atoms with E-state index in [0.29, 0.717) is 28.7 Å². The Hall–Kier alpha value is -4.19. The van der Waals surface area contributed by atoms with Crippen molar-refractivity contribution in [3.63, 3.8) is 0 Å². The molecule has 0 aliphatic heterocycles. The van der Waals surface area contributed by atoms with Crippen LogP contribution in [-0.4, -0.2) is 50.9 Å². The number of hydrogen-bond donors (Lipinski definition) is 2. The molecule has 186 valence electrons. The van der Waals surface area contributed by atoms with E-state index in [1.54, 1.807) is 29.1 Å². The van der Waals surface area contributed by atoms with E-state index in [4.69, 9.17) is 5.11 Å². The minimum atomic E-state index is -3.90. The summed E-state index contributed by atoms with van der Waals surface area (Å²) in [5, 5.41) is 16.3. The molecule has 0 unspecified atom stereocenters. The van der Waals surface area contributed by atoms with Gasteiger partial charge in [0.1, 0.15) is 5.82 Å². The van der Waals surface area contributed by atoms with E-state index in [9.17, 15) is 22.4 Å². The smallest absolute Gasteiger partial charge is 0.304 e. The van der Waals surface area contributed by atoms with Crippen LogP contribution >= 0.6 is 0 Å². The summed E-state index contributed by atoms with van der Waals surface area (Å²) < 4.78 is 39.8. The molecule has 2 N–H and O–H groups in total. The summed E-state index contributed by atoms with van der Waals surface area (Å²) in [7, 11) is -3.90. The highest BCUT2D eigenvalue weighted by atomic mass is 32.2. The van der Waals surface area contributed by atoms with Crippen molar-refractivity contribution in [3.05, 3.63) is 78.1 Å². The van der Waals surface area contributed by atoms with Crippen LogP contribution in [0.25, 0.3) is 16.6 Å². The molecule has 12 heteroatoms. The summed E-state index contributed by atoms with van der Waals surface area (Å²) in [6.45, 7) is 1.81. The Morgan fingerprint density at radius 3 is 2.56 bits per heavy atom. The molecule has 0 saturated heterocycles. The standard InChI is InChI=1S/C24H22FN5O5S/c1-2-19(20-4-3-5-22(28-20)36(34,35)11-10-23(31)32)29-24(33)18-12-26-14-21-17(18)13-27-30(21)16-8-6-15(25)7-9-16/h3-9,12-14,19H,2,10-11H2,1H3,(H,29,33)(H,31,32)/t19-/m0/s1. The number of nitrogens with zero attached hydrogens (tertiary/aromatic N) is 4. The average molecular weight is 512 g/mol. The Morgan fingerprint density at radius 2 is 1.86 bits per heavy atom.